The van der Waals surface area contributed by atoms with Crippen molar-refractivity contribution < 1.29 is 18.3 Å². The maximum absolute atomic E-state index is 11.6. The first-order valence-corrected chi connectivity index (χ1v) is 7.62. The molecule has 2 rings (SSSR count). The van der Waals surface area contributed by atoms with E-state index in [1.54, 1.807) is 0 Å². The molecule has 0 aromatic carbocycles. The lowest BCUT2D eigenvalue weighted by Gasteiger charge is -2.49. The summed E-state index contributed by atoms with van der Waals surface area (Å²) in [5.74, 6) is -0.241. The number of hydrogen-bond donors (Lipinski definition) is 1. The van der Waals surface area contributed by atoms with E-state index >= 15 is 0 Å². The minimum atomic E-state index is -3.01. The monoisotopic (exact) mass is 246 g/mol. The number of sulfone groups is 1. The van der Waals surface area contributed by atoms with E-state index in [2.05, 4.69) is 0 Å². The van der Waals surface area contributed by atoms with Gasteiger partial charge in [0.1, 0.15) is 0 Å². The second kappa shape index (κ2) is 3.72. The quantitative estimate of drug-likeness (QED) is 0.797. The lowest BCUT2D eigenvalue weighted by molar-refractivity contribution is -0.163. The Hall–Kier alpha value is -0.580. The summed E-state index contributed by atoms with van der Waals surface area (Å²) in [7, 11) is -3.01. The van der Waals surface area contributed by atoms with E-state index in [1.807, 2.05) is 6.92 Å². The van der Waals surface area contributed by atoms with Crippen LogP contribution in [0.3, 0.4) is 0 Å². The maximum Gasteiger partial charge on any atom is 0.309 e. The molecule has 1 N–H and O–H groups in total. The Balaban J connectivity index is 2.19. The second-order valence-corrected chi connectivity index (χ2v) is 7.66. The zero-order valence-electron chi connectivity index (χ0n) is 9.48. The molecule has 16 heavy (non-hydrogen) atoms. The van der Waals surface area contributed by atoms with Crippen molar-refractivity contribution >= 4 is 15.8 Å². The number of hydrogen-bond acceptors (Lipinski definition) is 3. The molecule has 5 heteroatoms. The molecule has 92 valence electrons. The highest BCUT2D eigenvalue weighted by Crippen LogP contribution is 2.53. The van der Waals surface area contributed by atoms with Crippen molar-refractivity contribution in [2.24, 2.45) is 17.3 Å². The van der Waals surface area contributed by atoms with Gasteiger partial charge in [0.15, 0.2) is 9.84 Å². The Morgan fingerprint density at radius 3 is 2.44 bits per heavy atom. The van der Waals surface area contributed by atoms with Crippen LogP contribution in [0.2, 0.25) is 0 Å². The van der Waals surface area contributed by atoms with E-state index in [-0.39, 0.29) is 17.4 Å². The molecule has 0 aromatic rings. The number of carboxylic acids is 1. The van der Waals surface area contributed by atoms with Crippen molar-refractivity contribution in [2.45, 2.75) is 32.6 Å². The standard InChI is InChI=1S/C11H18O4S/c1-8-5-11(6-8,10(12)13)9-3-2-4-16(14,15)7-9/h8-9H,2-7H2,1H3,(H,12,13). The first-order chi connectivity index (χ1) is 7.36. The summed E-state index contributed by atoms with van der Waals surface area (Å²) in [5, 5.41) is 9.33. The second-order valence-electron chi connectivity index (χ2n) is 5.43. The molecular formula is C11H18O4S. The van der Waals surface area contributed by atoms with Crippen LogP contribution < -0.4 is 0 Å². The van der Waals surface area contributed by atoms with Gasteiger partial charge < -0.3 is 5.11 Å². The molecule has 1 saturated carbocycles. The van der Waals surface area contributed by atoms with Crippen LogP contribution in [0.5, 0.6) is 0 Å². The molecule has 1 aliphatic carbocycles. The summed E-state index contributed by atoms with van der Waals surface area (Å²) in [6.45, 7) is 2.03. The molecule has 1 unspecified atom stereocenters. The topological polar surface area (TPSA) is 71.4 Å². The highest BCUT2D eigenvalue weighted by Gasteiger charge is 2.55. The smallest absolute Gasteiger partial charge is 0.309 e. The molecule has 0 bridgehead atoms. The van der Waals surface area contributed by atoms with Gasteiger partial charge in [0.25, 0.3) is 0 Å². The minimum Gasteiger partial charge on any atom is -0.481 e. The number of carbonyl (C=O) groups is 1. The normalized spacial score (nSPS) is 42.3. The lowest BCUT2D eigenvalue weighted by Crippen LogP contribution is -2.51. The first kappa shape index (κ1) is 11.9. The Kier molecular flexibility index (Phi) is 2.77. The molecule has 1 heterocycles. The summed E-state index contributed by atoms with van der Waals surface area (Å²) >= 11 is 0. The van der Waals surface area contributed by atoms with E-state index < -0.39 is 21.2 Å². The average Bonchev–Trinajstić information content (AvgIpc) is 2.10. The van der Waals surface area contributed by atoms with Crippen molar-refractivity contribution in [1.29, 1.82) is 0 Å². The highest BCUT2D eigenvalue weighted by atomic mass is 32.2. The van der Waals surface area contributed by atoms with E-state index in [0.29, 0.717) is 25.2 Å². The SMILES string of the molecule is CC1CC(C(=O)O)(C2CCCS(=O)(=O)C2)C1. The van der Waals surface area contributed by atoms with Crippen LogP contribution in [0.1, 0.15) is 32.6 Å². The van der Waals surface area contributed by atoms with Crippen LogP contribution >= 0.6 is 0 Å². The Morgan fingerprint density at radius 2 is 2.00 bits per heavy atom. The van der Waals surface area contributed by atoms with Gasteiger partial charge in [-0.3, -0.25) is 4.79 Å². The number of rotatable bonds is 2. The van der Waals surface area contributed by atoms with Gasteiger partial charge in [-0.2, -0.15) is 0 Å². The van der Waals surface area contributed by atoms with Crippen LogP contribution in [0.4, 0.5) is 0 Å². The van der Waals surface area contributed by atoms with Gasteiger partial charge in [0, 0.05) is 0 Å². The van der Waals surface area contributed by atoms with Gasteiger partial charge in [-0.05, 0) is 37.5 Å². The highest BCUT2D eigenvalue weighted by molar-refractivity contribution is 7.91. The van der Waals surface area contributed by atoms with Crippen LogP contribution in [0.25, 0.3) is 0 Å². The molecule has 2 fully saturated rings. The molecule has 0 radical (unpaired) electrons. The van der Waals surface area contributed by atoms with Crippen molar-refractivity contribution in [3.63, 3.8) is 0 Å². The van der Waals surface area contributed by atoms with Crippen molar-refractivity contribution in [2.75, 3.05) is 11.5 Å². The third-order valence-electron chi connectivity index (χ3n) is 4.10. The third kappa shape index (κ3) is 1.85. The van der Waals surface area contributed by atoms with Crippen molar-refractivity contribution in [3.8, 4) is 0 Å². The zero-order valence-corrected chi connectivity index (χ0v) is 10.3. The number of aliphatic carboxylic acids is 1. The average molecular weight is 246 g/mol. The molecule has 2 aliphatic rings. The summed E-state index contributed by atoms with van der Waals surface area (Å²) in [6, 6.07) is 0. The molecule has 1 atom stereocenters. The summed E-state index contributed by atoms with van der Waals surface area (Å²) < 4.78 is 23.1. The minimum absolute atomic E-state index is 0.0754. The molecular weight excluding hydrogens is 228 g/mol. The Morgan fingerprint density at radius 1 is 1.38 bits per heavy atom. The van der Waals surface area contributed by atoms with Crippen LogP contribution in [-0.4, -0.2) is 31.0 Å². The fourth-order valence-electron chi connectivity index (χ4n) is 3.33. The van der Waals surface area contributed by atoms with Crippen molar-refractivity contribution in [3.05, 3.63) is 0 Å². The predicted octanol–water partition coefficient (Wildman–Crippen LogP) is 1.31. The van der Waals surface area contributed by atoms with E-state index in [0.717, 1.165) is 6.42 Å². The van der Waals surface area contributed by atoms with E-state index in [1.165, 1.54) is 0 Å². The van der Waals surface area contributed by atoms with Gasteiger partial charge in [0.2, 0.25) is 0 Å². The predicted molar refractivity (Wildman–Crippen MR) is 59.8 cm³/mol. The zero-order chi connectivity index (χ0) is 12.0. The van der Waals surface area contributed by atoms with E-state index in [9.17, 15) is 18.3 Å². The van der Waals surface area contributed by atoms with Gasteiger partial charge in [0.05, 0.1) is 16.9 Å². The molecule has 0 amide bonds. The van der Waals surface area contributed by atoms with E-state index in [4.69, 9.17) is 0 Å². The number of carboxylic acid groups (broad SMARTS) is 1. The van der Waals surface area contributed by atoms with Crippen molar-refractivity contribution in [1.82, 2.24) is 0 Å². The molecule has 0 aromatic heterocycles. The van der Waals surface area contributed by atoms with Gasteiger partial charge in [-0.25, -0.2) is 8.42 Å². The molecule has 1 saturated heterocycles. The summed E-state index contributed by atoms with van der Waals surface area (Å²) in [5.41, 5.74) is -0.743. The van der Waals surface area contributed by atoms with Crippen LogP contribution in [-0.2, 0) is 14.6 Å². The summed E-state index contributed by atoms with van der Waals surface area (Å²) in [4.78, 5) is 11.4. The first-order valence-electron chi connectivity index (χ1n) is 5.79. The van der Waals surface area contributed by atoms with Crippen LogP contribution in [0.15, 0.2) is 0 Å². The fourth-order valence-corrected chi connectivity index (χ4v) is 5.20. The molecule has 4 nitrogen and oxygen atoms in total. The molecule has 0 spiro atoms. The van der Waals surface area contributed by atoms with Gasteiger partial charge in [-0.1, -0.05) is 6.92 Å². The van der Waals surface area contributed by atoms with Gasteiger partial charge >= 0.3 is 5.97 Å². The largest absolute Gasteiger partial charge is 0.481 e. The lowest BCUT2D eigenvalue weighted by atomic mass is 9.56. The Labute approximate surface area is 96.0 Å². The third-order valence-corrected chi connectivity index (χ3v) is 5.92. The van der Waals surface area contributed by atoms with Gasteiger partial charge in [-0.15, -0.1) is 0 Å². The molecule has 1 aliphatic heterocycles. The van der Waals surface area contributed by atoms with Crippen LogP contribution in [0, 0.1) is 17.3 Å². The Bertz CT molecular complexity index is 392. The summed E-state index contributed by atoms with van der Waals surface area (Å²) in [6.07, 6.45) is 2.65. The fraction of sp³-hybridized carbons (Fsp3) is 0.909. The maximum atomic E-state index is 11.6.